The summed E-state index contributed by atoms with van der Waals surface area (Å²) in [6.07, 6.45) is -0.618. The molecule has 210 valence electrons. The largest absolute Gasteiger partial charge is 0.434 e. The highest BCUT2D eigenvalue weighted by Gasteiger charge is 2.46. The lowest BCUT2D eigenvalue weighted by Crippen LogP contribution is -2.51. The summed E-state index contributed by atoms with van der Waals surface area (Å²) < 4.78 is 36.6. The van der Waals surface area contributed by atoms with E-state index in [0.717, 1.165) is 6.07 Å². The lowest BCUT2D eigenvalue weighted by atomic mass is 9.97. The summed E-state index contributed by atoms with van der Waals surface area (Å²) in [4.78, 5) is 49.4. The van der Waals surface area contributed by atoms with Gasteiger partial charge in [0.2, 0.25) is 11.8 Å². The molecule has 1 fully saturated rings. The molecule has 1 aliphatic heterocycles. The predicted octanol–water partition coefficient (Wildman–Crippen LogP) is 4.67. The molecule has 0 aliphatic carbocycles. The molecule has 2 aromatic carbocycles. The number of carbonyl (C=O) groups excluding carboxylic acids is 4. The fraction of sp³-hybridized carbons (Fsp3) is 0.429. The number of nitrogens with one attached hydrogen (secondary N) is 3. The summed E-state index contributed by atoms with van der Waals surface area (Å²) >= 11 is 5.93. The minimum atomic E-state index is -3.66. The van der Waals surface area contributed by atoms with Crippen molar-refractivity contribution in [2.24, 2.45) is 5.92 Å². The minimum absolute atomic E-state index is 0.0445. The van der Waals surface area contributed by atoms with E-state index in [1.54, 1.807) is 18.2 Å². The Balaban J connectivity index is 1.76. The summed E-state index contributed by atoms with van der Waals surface area (Å²) in [5.41, 5.74) is -0.398. The maximum Gasteiger partial charge on any atom is 0.408 e. The third kappa shape index (κ3) is 8.23. The van der Waals surface area contributed by atoms with E-state index in [0.29, 0.717) is 32.1 Å². The third-order valence-corrected chi connectivity index (χ3v) is 6.75. The number of alkyl halides is 2. The van der Waals surface area contributed by atoms with Crippen molar-refractivity contribution >= 4 is 35.8 Å². The van der Waals surface area contributed by atoms with Crippen molar-refractivity contribution in [3.05, 3.63) is 70.7 Å². The molecule has 8 nitrogen and oxygen atoms in total. The van der Waals surface area contributed by atoms with E-state index in [4.69, 9.17) is 16.3 Å². The van der Waals surface area contributed by atoms with Gasteiger partial charge in [-0.05, 0) is 37.0 Å². The monoisotopic (exact) mass is 563 g/mol. The minimum Gasteiger partial charge on any atom is -0.434 e. The SMILES string of the molecule is CCCC[C@H](NC(=O)O[C@H](c1ccccc1)C(F)(F)c1cccc(Cl)c1)C(=O)N[C@H](C=O)C[C@@H]1CCNC1=O. The molecule has 0 bridgehead atoms. The molecule has 2 aromatic rings. The third-order valence-electron chi connectivity index (χ3n) is 6.51. The van der Waals surface area contributed by atoms with E-state index in [9.17, 15) is 19.2 Å². The second kappa shape index (κ2) is 14.0. The average Bonchev–Trinajstić information content (AvgIpc) is 3.33. The molecule has 0 radical (unpaired) electrons. The van der Waals surface area contributed by atoms with Crippen LogP contribution in [-0.4, -0.2) is 42.8 Å². The van der Waals surface area contributed by atoms with Gasteiger partial charge >= 0.3 is 12.0 Å². The molecule has 11 heteroatoms. The first-order valence-electron chi connectivity index (χ1n) is 12.8. The zero-order valence-electron chi connectivity index (χ0n) is 21.5. The van der Waals surface area contributed by atoms with Crippen molar-refractivity contribution in [2.75, 3.05) is 6.54 Å². The number of hydrogen-bond acceptors (Lipinski definition) is 5. The van der Waals surface area contributed by atoms with Crippen molar-refractivity contribution in [3.8, 4) is 0 Å². The molecule has 0 saturated carbocycles. The molecular formula is C28H32ClF2N3O5. The van der Waals surface area contributed by atoms with Crippen molar-refractivity contribution in [1.29, 1.82) is 0 Å². The number of aldehydes is 1. The number of halogens is 3. The molecular weight excluding hydrogens is 532 g/mol. The first kappa shape index (κ1) is 30.0. The Morgan fingerprint density at radius 1 is 1.18 bits per heavy atom. The van der Waals surface area contributed by atoms with Gasteiger partial charge in [0.15, 0.2) is 6.10 Å². The second-order valence-electron chi connectivity index (χ2n) is 9.43. The molecule has 1 aliphatic rings. The van der Waals surface area contributed by atoms with E-state index in [-0.39, 0.29) is 29.3 Å². The van der Waals surface area contributed by atoms with Crippen molar-refractivity contribution in [1.82, 2.24) is 16.0 Å². The average molecular weight is 564 g/mol. The van der Waals surface area contributed by atoms with Crippen LogP contribution in [0.1, 0.15) is 56.3 Å². The van der Waals surface area contributed by atoms with Gasteiger partial charge in [-0.25, -0.2) is 4.79 Å². The molecule has 1 saturated heterocycles. The first-order chi connectivity index (χ1) is 18.6. The molecule has 4 atom stereocenters. The maximum atomic E-state index is 15.7. The fourth-order valence-electron chi connectivity index (χ4n) is 4.40. The van der Waals surface area contributed by atoms with Crippen LogP contribution in [-0.2, 0) is 25.0 Å². The number of hydrogen-bond donors (Lipinski definition) is 3. The van der Waals surface area contributed by atoms with Crippen LogP contribution in [0.25, 0.3) is 0 Å². The molecule has 3 amide bonds. The van der Waals surface area contributed by atoms with Crippen LogP contribution in [0.5, 0.6) is 0 Å². The van der Waals surface area contributed by atoms with Crippen molar-refractivity contribution in [3.63, 3.8) is 0 Å². The predicted molar refractivity (Wildman–Crippen MR) is 141 cm³/mol. The van der Waals surface area contributed by atoms with Crippen LogP contribution < -0.4 is 16.0 Å². The van der Waals surface area contributed by atoms with Crippen LogP contribution in [0.3, 0.4) is 0 Å². The van der Waals surface area contributed by atoms with Gasteiger partial charge in [-0.3, -0.25) is 9.59 Å². The van der Waals surface area contributed by atoms with Gasteiger partial charge in [-0.1, -0.05) is 73.8 Å². The fourth-order valence-corrected chi connectivity index (χ4v) is 4.59. The normalized spacial score (nSPS) is 17.4. The highest BCUT2D eigenvalue weighted by Crippen LogP contribution is 2.43. The quantitative estimate of drug-likeness (QED) is 0.307. The van der Waals surface area contributed by atoms with Gasteiger partial charge in [-0.15, -0.1) is 0 Å². The first-order valence-corrected chi connectivity index (χ1v) is 13.2. The van der Waals surface area contributed by atoms with Gasteiger partial charge in [0.25, 0.3) is 0 Å². The molecule has 1 heterocycles. The Labute approximate surface area is 230 Å². The number of carbonyl (C=O) groups is 4. The number of unbranched alkanes of at least 4 members (excludes halogenated alkanes) is 1. The summed E-state index contributed by atoms with van der Waals surface area (Å²) in [5.74, 6) is -4.93. The summed E-state index contributed by atoms with van der Waals surface area (Å²) in [5, 5.41) is 7.72. The highest BCUT2D eigenvalue weighted by molar-refractivity contribution is 6.30. The Hall–Kier alpha value is -3.53. The number of ether oxygens (including phenoxy) is 1. The summed E-state index contributed by atoms with van der Waals surface area (Å²) in [6, 6.07) is 10.6. The number of rotatable bonds is 13. The molecule has 3 rings (SSSR count). The second-order valence-corrected chi connectivity index (χ2v) is 9.87. The van der Waals surface area contributed by atoms with E-state index < -0.39 is 47.6 Å². The molecule has 3 N–H and O–H groups in total. The number of benzene rings is 2. The summed E-state index contributed by atoms with van der Waals surface area (Å²) in [6.45, 7) is 2.38. The lowest BCUT2D eigenvalue weighted by molar-refractivity contribution is -0.129. The van der Waals surface area contributed by atoms with E-state index in [2.05, 4.69) is 16.0 Å². The topological polar surface area (TPSA) is 114 Å². The van der Waals surface area contributed by atoms with E-state index in [1.807, 2.05) is 6.92 Å². The van der Waals surface area contributed by atoms with Gasteiger partial charge < -0.3 is 25.5 Å². The van der Waals surface area contributed by atoms with Crippen molar-refractivity contribution in [2.45, 2.75) is 63.1 Å². The Morgan fingerprint density at radius 2 is 1.92 bits per heavy atom. The van der Waals surface area contributed by atoms with Crippen LogP contribution in [0, 0.1) is 5.92 Å². The lowest BCUT2D eigenvalue weighted by Gasteiger charge is -2.29. The van der Waals surface area contributed by atoms with Crippen LogP contribution in [0.4, 0.5) is 13.6 Å². The van der Waals surface area contributed by atoms with Gasteiger partial charge in [0.05, 0.1) is 6.04 Å². The van der Waals surface area contributed by atoms with Crippen LogP contribution >= 0.6 is 11.6 Å². The Bertz CT molecular complexity index is 1150. The molecule has 39 heavy (non-hydrogen) atoms. The Morgan fingerprint density at radius 3 is 2.54 bits per heavy atom. The number of amides is 3. The molecule has 0 aromatic heterocycles. The molecule has 0 unspecified atom stereocenters. The van der Waals surface area contributed by atoms with E-state index in [1.165, 1.54) is 30.3 Å². The van der Waals surface area contributed by atoms with Crippen LogP contribution in [0.15, 0.2) is 54.6 Å². The highest BCUT2D eigenvalue weighted by atomic mass is 35.5. The smallest absolute Gasteiger partial charge is 0.408 e. The van der Waals surface area contributed by atoms with Gasteiger partial charge in [0.1, 0.15) is 12.3 Å². The van der Waals surface area contributed by atoms with E-state index >= 15 is 8.78 Å². The summed E-state index contributed by atoms with van der Waals surface area (Å²) in [7, 11) is 0. The number of alkyl carbamates (subject to hydrolysis) is 1. The zero-order valence-corrected chi connectivity index (χ0v) is 22.3. The Kier molecular flexibility index (Phi) is 10.8. The zero-order chi connectivity index (χ0) is 28.4. The molecule has 0 spiro atoms. The van der Waals surface area contributed by atoms with Gasteiger partial charge in [-0.2, -0.15) is 8.78 Å². The van der Waals surface area contributed by atoms with Crippen LogP contribution in [0.2, 0.25) is 5.02 Å². The standard InChI is InChI=1S/C28H32ClF2N3O5/c1-2-3-12-23(26(37)33-22(17-35)15-19-13-14-32-25(19)36)34-27(38)39-24(18-8-5-4-6-9-18)28(30,31)20-10-7-11-21(29)16-20/h4-11,16-17,19,22-24H,2-3,12-15H2,1H3,(H,32,36)(H,33,37)(H,34,38)/t19-,22-,23-,24+/m0/s1. The van der Waals surface area contributed by atoms with Crippen molar-refractivity contribution < 1.29 is 32.7 Å². The van der Waals surface area contributed by atoms with Gasteiger partial charge in [0, 0.05) is 23.0 Å². The maximum absolute atomic E-state index is 15.7.